The van der Waals surface area contributed by atoms with E-state index in [0.717, 1.165) is 22.0 Å². The Kier molecular flexibility index (Phi) is 5.43. The average molecular weight is 406 g/mol. The van der Waals surface area contributed by atoms with Gasteiger partial charge in [0, 0.05) is 35.8 Å². The fourth-order valence-electron chi connectivity index (χ4n) is 3.43. The normalized spacial score (nSPS) is 10.9. The Morgan fingerprint density at radius 3 is 2.67 bits per heavy atom. The molecule has 4 rings (SSSR count). The fraction of sp³-hybridized carbons (Fsp3) is 0.217. The van der Waals surface area contributed by atoms with Crippen LogP contribution in [-0.2, 0) is 29.6 Å². The molecule has 4 aromatic rings. The van der Waals surface area contributed by atoms with Crippen molar-refractivity contribution in [3.05, 3.63) is 66.0 Å². The number of ether oxygens (including phenoxy) is 3. The summed E-state index contributed by atoms with van der Waals surface area (Å²) in [6, 6.07) is 15.1. The van der Waals surface area contributed by atoms with Crippen molar-refractivity contribution in [2.24, 2.45) is 7.05 Å². The summed E-state index contributed by atoms with van der Waals surface area (Å²) >= 11 is 0. The standard InChI is InChI=1S/C23H22N2O5/c1-25-13-16(18-6-4-5-7-19(18)25)11-23(26)29-14-17-12-21(30-24-17)15-8-9-20(27-2)22(10-15)28-3/h4-10,12-13H,11,14H2,1-3H3. The second-order valence-electron chi connectivity index (χ2n) is 6.87. The van der Waals surface area contributed by atoms with Crippen molar-refractivity contribution in [1.82, 2.24) is 9.72 Å². The van der Waals surface area contributed by atoms with E-state index in [-0.39, 0.29) is 19.0 Å². The minimum atomic E-state index is -0.318. The van der Waals surface area contributed by atoms with Crippen LogP contribution >= 0.6 is 0 Å². The zero-order chi connectivity index (χ0) is 21.1. The number of nitrogens with zero attached hydrogens (tertiary/aromatic N) is 2. The molecule has 0 saturated heterocycles. The molecule has 0 radical (unpaired) electrons. The van der Waals surface area contributed by atoms with E-state index in [1.807, 2.05) is 48.1 Å². The van der Waals surface area contributed by atoms with E-state index in [4.69, 9.17) is 18.7 Å². The van der Waals surface area contributed by atoms with Crippen LogP contribution in [0.3, 0.4) is 0 Å². The molecule has 0 unspecified atom stereocenters. The van der Waals surface area contributed by atoms with Crippen LogP contribution in [0.5, 0.6) is 11.5 Å². The Hall–Kier alpha value is -3.74. The van der Waals surface area contributed by atoms with E-state index in [1.54, 1.807) is 32.4 Å². The van der Waals surface area contributed by atoms with Crippen molar-refractivity contribution in [3.63, 3.8) is 0 Å². The first-order valence-corrected chi connectivity index (χ1v) is 9.45. The predicted octanol–water partition coefficient (Wildman–Crippen LogP) is 4.14. The topological polar surface area (TPSA) is 75.7 Å². The molecule has 7 heteroatoms. The van der Waals surface area contributed by atoms with Gasteiger partial charge in [-0.05, 0) is 29.8 Å². The molecule has 0 bridgehead atoms. The van der Waals surface area contributed by atoms with Crippen molar-refractivity contribution < 1.29 is 23.5 Å². The van der Waals surface area contributed by atoms with Crippen molar-refractivity contribution in [2.45, 2.75) is 13.0 Å². The molecule has 2 heterocycles. The number of aryl methyl sites for hydroxylation is 1. The monoisotopic (exact) mass is 406 g/mol. The number of rotatable bonds is 7. The number of carbonyl (C=O) groups excluding carboxylic acids is 1. The van der Waals surface area contributed by atoms with Gasteiger partial charge in [0.05, 0.1) is 20.6 Å². The zero-order valence-corrected chi connectivity index (χ0v) is 17.0. The molecule has 7 nitrogen and oxygen atoms in total. The van der Waals surface area contributed by atoms with Gasteiger partial charge in [0.1, 0.15) is 12.3 Å². The van der Waals surface area contributed by atoms with E-state index < -0.39 is 0 Å². The van der Waals surface area contributed by atoms with Crippen LogP contribution in [0.2, 0.25) is 0 Å². The maximum atomic E-state index is 12.3. The van der Waals surface area contributed by atoms with Crippen LogP contribution in [0.4, 0.5) is 0 Å². The number of aromatic nitrogens is 2. The van der Waals surface area contributed by atoms with E-state index in [9.17, 15) is 4.79 Å². The molecule has 154 valence electrons. The van der Waals surface area contributed by atoms with Crippen molar-refractivity contribution in [2.75, 3.05) is 14.2 Å². The largest absolute Gasteiger partial charge is 0.493 e. The number of fused-ring (bicyclic) bond motifs is 1. The van der Waals surface area contributed by atoms with Gasteiger partial charge in [-0.3, -0.25) is 4.79 Å². The van der Waals surface area contributed by atoms with Crippen LogP contribution in [0.25, 0.3) is 22.2 Å². The lowest BCUT2D eigenvalue weighted by Crippen LogP contribution is -2.07. The van der Waals surface area contributed by atoms with E-state index in [2.05, 4.69) is 5.16 Å². The number of benzene rings is 2. The van der Waals surface area contributed by atoms with Gasteiger partial charge in [-0.1, -0.05) is 23.4 Å². The molecule has 0 amide bonds. The summed E-state index contributed by atoms with van der Waals surface area (Å²) in [6.45, 7) is 0.0421. The number of para-hydroxylation sites is 1. The third-order valence-electron chi connectivity index (χ3n) is 4.92. The van der Waals surface area contributed by atoms with E-state index in [1.165, 1.54) is 0 Å². The molecule has 2 aromatic heterocycles. The molecule has 0 N–H and O–H groups in total. The van der Waals surface area contributed by atoms with Gasteiger partial charge in [-0.25, -0.2) is 0 Å². The van der Waals surface area contributed by atoms with Crippen LogP contribution in [0.15, 0.2) is 59.3 Å². The van der Waals surface area contributed by atoms with Crippen LogP contribution in [-0.4, -0.2) is 29.9 Å². The highest BCUT2D eigenvalue weighted by Crippen LogP contribution is 2.32. The van der Waals surface area contributed by atoms with Gasteiger partial charge in [0.25, 0.3) is 0 Å². The number of hydrogen-bond donors (Lipinski definition) is 0. The minimum Gasteiger partial charge on any atom is -0.493 e. The third kappa shape index (κ3) is 3.87. The number of carbonyl (C=O) groups is 1. The molecular weight excluding hydrogens is 384 g/mol. The van der Waals surface area contributed by atoms with Crippen LogP contribution < -0.4 is 9.47 Å². The second kappa shape index (κ2) is 8.32. The summed E-state index contributed by atoms with van der Waals surface area (Å²) in [4.78, 5) is 12.3. The summed E-state index contributed by atoms with van der Waals surface area (Å²) in [7, 11) is 5.11. The molecule has 0 aliphatic carbocycles. The summed E-state index contributed by atoms with van der Waals surface area (Å²) in [5, 5.41) is 5.05. The Bertz CT molecular complexity index is 1190. The van der Waals surface area contributed by atoms with Gasteiger partial charge in [-0.15, -0.1) is 0 Å². The highest BCUT2D eigenvalue weighted by molar-refractivity contribution is 5.87. The third-order valence-corrected chi connectivity index (χ3v) is 4.92. The highest BCUT2D eigenvalue weighted by atomic mass is 16.5. The number of hydrogen-bond acceptors (Lipinski definition) is 6. The number of esters is 1. The molecule has 0 aliphatic heterocycles. The lowest BCUT2D eigenvalue weighted by atomic mass is 10.1. The van der Waals surface area contributed by atoms with Gasteiger partial charge < -0.3 is 23.3 Å². The summed E-state index contributed by atoms with van der Waals surface area (Å²) < 4.78 is 23.4. The van der Waals surface area contributed by atoms with Crippen LogP contribution in [0.1, 0.15) is 11.3 Å². The Labute approximate surface area is 173 Å². The molecular formula is C23H22N2O5. The van der Waals surface area contributed by atoms with Crippen molar-refractivity contribution in [3.8, 4) is 22.8 Å². The molecule has 0 atom stereocenters. The summed E-state index contributed by atoms with van der Waals surface area (Å²) in [6.07, 6.45) is 2.15. The van der Waals surface area contributed by atoms with Gasteiger partial charge in [-0.2, -0.15) is 0 Å². The first-order valence-electron chi connectivity index (χ1n) is 9.45. The Balaban J connectivity index is 1.41. The lowest BCUT2D eigenvalue weighted by Gasteiger charge is -2.07. The van der Waals surface area contributed by atoms with Gasteiger partial charge >= 0.3 is 5.97 Å². The molecule has 0 spiro atoms. The molecule has 0 saturated carbocycles. The van der Waals surface area contributed by atoms with Crippen LogP contribution in [0, 0.1) is 0 Å². The van der Waals surface area contributed by atoms with Gasteiger partial charge in [0.15, 0.2) is 17.3 Å². The van der Waals surface area contributed by atoms with E-state index in [0.29, 0.717) is 23.0 Å². The molecule has 2 aromatic carbocycles. The van der Waals surface area contributed by atoms with Crippen molar-refractivity contribution >= 4 is 16.9 Å². The van der Waals surface area contributed by atoms with Crippen molar-refractivity contribution in [1.29, 1.82) is 0 Å². The predicted molar refractivity (Wildman–Crippen MR) is 111 cm³/mol. The Morgan fingerprint density at radius 2 is 1.87 bits per heavy atom. The van der Waals surface area contributed by atoms with E-state index >= 15 is 0 Å². The summed E-state index contributed by atoms with van der Waals surface area (Å²) in [5.74, 6) is 1.45. The Morgan fingerprint density at radius 1 is 1.07 bits per heavy atom. The fourth-order valence-corrected chi connectivity index (χ4v) is 3.43. The molecule has 0 fully saturated rings. The second-order valence-corrected chi connectivity index (χ2v) is 6.87. The average Bonchev–Trinajstić information content (AvgIpc) is 3.37. The molecule has 0 aliphatic rings. The summed E-state index contributed by atoms with van der Waals surface area (Å²) in [5.41, 5.74) is 3.33. The first kappa shape index (κ1) is 19.6. The maximum absolute atomic E-state index is 12.3. The first-order chi connectivity index (χ1) is 14.6. The van der Waals surface area contributed by atoms with Gasteiger partial charge in [0.2, 0.25) is 0 Å². The SMILES string of the molecule is COc1ccc(-c2cc(COC(=O)Cc3cn(C)c4ccccc34)no2)cc1OC. The minimum absolute atomic E-state index is 0.0421. The smallest absolute Gasteiger partial charge is 0.310 e. The molecule has 30 heavy (non-hydrogen) atoms. The lowest BCUT2D eigenvalue weighted by molar-refractivity contribution is -0.144. The zero-order valence-electron chi connectivity index (χ0n) is 17.0. The number of methoxy groups -OCH3 is 2. The quantitative estimate of drug-likeness (QED) is 0.430. The highest BCUT2D eigenvalue weighted by Gasteiger charge is 2.14. The maximum Gasteiger partial charge on any atom is 0.310 e.